The highest BCUT2D eigenvalue weighted by atomic mass is 16.2. The number of carbonyl (C=O) groups excluding carboxylic acids is 2. The first kappa shape index (κ1) is 17.7. The number of hydrogen-bond acceptors (Lipinski definition) is 5. The predicted molar refractivity (Wildman–Crippen MR) is 106 cm³/mol. The lowest BCUT2D eigenvalue weighted by atomic mass is 10.0. The van der Waals surface area contributed by atoms with Crippen LogP contribution in [0.2, 0.25) is 0 Å². The molecule has 0 saturated heterocycles. The zero-order valence-electron chi connectivity index (χ0n) is 15.3. The minimum Gasteiger partial charge on any atom is -0.382 e. The second kappa shape index (κ2) is 7.11. The molecule has 0 saturated carbocycles. The Labute approximate surface area is 162 Å². The summed E-state index contributed by atoms with van der Waals surface area (Å²) in [5, 5.41) is 2.49. The van der Waals surface area contributed by atoms with E-state index >= 15 is 0 Å². The van der Waals surface area contributed by atoms with Gasteiger partial charge in [0.2, 0.25) is 0 Å². The van der Waals surface area contributed by atoms with Crippen molar-refractivity contribution < 1.29 is 9.59 Å². The Balaban J connectivity index is 1.63. The van der Waals surface area contributed by atoms with Crippen LogP contribution in [0.4, 0.5) is 5.82 Å². The highest BCUT2D eigenvalue weighted by molar-refractivity contribution is 5.98. The molecule has 0 atom stereocenters. The fraction of sp³-hybridized carbons (Fsp3) is 0.143. The summed E-state index contributed by atoms with van der Waals surface area (Å²) in [6, 6.07) is 7.13. The van der Waals surface area contributed by atoms with Gasteiger partial charge in [-0.3, -0.25) is 9.59 Å². The second-order valence-corrected chi connectivity index (χ2v) is 6.56. The van der Waals surface area contributed by atoms with Gasteiger partial charge < -0.3 is 16.0 Å². The fourth-order valence-electron chi connectivity index (χ4n) is 3.26. The summed E-state index contributed by atoms with van der Waals surface area (Å²) >= 11 is 0. The molecule has 2 aliphatic rings. The molecule has 0 bridgehead atoms. The monoisotopic (exact) mass is 373 g/mol. The fourth-order valence-corrected chi connectivity index (χ4v) is 3.26. The van der Waals surface area contributed by atoms with Gasteiger partial charge in [-0.25, -0.2) is 9.97 Å². The molecule has 2 amide bonds. The van der Waals surface area contributed by atoms with E-state index in [9.17, 15) is 9.59 Å². The normalized spacial score (nSPS) is 15.0. The van der Waals surface area contributed by atoms with Crippen molar-refractivity contribution in [3.05, 3.63) is 77.3 Å². The van der Waals surface area contributed by atoms with E-state index in [-0.39, 0.29) is 17.4 Å². The number of nitrogens with zero attached hydrogens (tertiary/aromatic N) is 3. The van der Waals surface area contributed by atoms with Gasteiger partial charge in [0.05, 0.1) is 18.4 Å². The van der Waals surface area contributed by atoms with Gasteiger partial charge in [-0.1, -0.05) is 30.4 Å². The molecule has 1 aromatic heterocycles. The minimum absolute atomic E-state index is 0.0588. The van der Waals surface area contributed by atoms with Gasteiger partial charge in [0.1, 0.15) is 0 Å². The number of anilines is 1. The van der Waals surface area contributed by atoms with Gasteiger partial charge in [-0.05, 0) is 29.7 Å². The molecule has 28 heavy (non-hydrogen) atoms. The third kappa shape index (κ3) is 3.18. The van der Waals surface area contributed by atoms with Crippen LogP contribution in [0.5, 0.6) is 0 Å². The van der Waals surface area contributed by atoms with E-state index in [1.165, 1.54) is 24.4 Å². The number of hydrogen-bond donors (Lipinski definition) is 2. The van der Waals surface area contributed by atoms with Crippen LogP contribution >= 0.6 is 0 Å². The van der Waals surface area contributed by atoms with Crippen LogP contribution in [0.1, 0.15) is 27.3 Å². The molecular formula is C21H19N5O2. The van der Waals surface area contributed by atoms with Crippen molar-refractivity contribution in [3.8, 4) is 11.3 Å². The Morgan fingerprint density at radius 2 is 2.11 bits per heavy atom. The number of nitrogen functional groups attached to an aromatic ring is 1. The average Bonchev–Trinajstić information content (AvgIpc) is 3.17. The molecule has 140 valence electrons. The maximum absolute atomic E-state index is 13.0. The molecule has 4 rings (SSSR count). The molecule has 2 heterocycles. The molecule has 0 fully saturated rings. The molecule has 1 aliphatic heterocycles. The molecule has 7 heteroatoms. The quantitative estimate of drug-likeness (QED) is 0.860. The molecule has 7 nitrogen and oxygen atoms in total. The summed E-state index contributed by atoms with van der Waals surface area (Å²) in [5.74, 6) is -0.435. The van der Waals surface area contributed by atoms with Crippen LogP contribution in [0.15, 0.2) is 66.0 Å². The summed E-state index contributed by atoms with van der Waals surface area (Å²) in [6.45, 7) is 0.575. The number of rotatable bonds is 3. The average molecular weight is 373 g/mol. The first-order chi connectivity index (χ1) is 13.6. The maximum atomic E-state index is 13.0. The van der Waals surface area contributed by atoms with Crippen molar-refractivity contribution in [1.82, 2.24) is 20.2 Å². The molecule has 1 aliphatic carbocycles. The van der Waals surface area contributed by atoms with Crippen molar-refractivity contribution in [1.29, 1.82) is 0 Å². The summed E-state index contributed by atoms with van der Waals surface area (Å²) in [5.41, 5.74) is 9.86. The van der Waals surface area contributed by atoms with E-state index in [1.54, 1.807) is 23.1 Å². The number of aromatic nitrogens is 2. The first-order valence-electron chi connectivity index (χ1n) is 8.89. The highest BCUT2D eigenvalue weighted by Gasteiger charge is 2.24. The Morgan fingerprint density at radius 3 is 2.89 bits per heavy atom. The van der Waals surface area contributed by atoms with Gasteiger partial charge >= 0.3 is 0 Å². The third-order valence-corrected chi connectivity index (χ3v) is 4.75. The second-order valence-electron chi connectivity index (χ2n) is 6.56. The topological polar surface area (TPSA) is 101 Å². The minimum atomic E-state index is -0.410. The van der Waals surface area contributed by atoms with Gasteiger partial charge in [0, 0.05) is 24.4 Å². The molecule has 0 spiro atoms. The standard InChI is InChI=1S/C21H19N5O2/c1-23-20(27)18-19(22)24-10-17(25-18)13-7-4-8-14(9-13)21(28)26-11-15-5-2-3-6-16(15)12-26/h2-5,7-10,12H,6,11H2,1H3,(H2,22,24)(H,23,27). The molecule has 0 unspecified atom stereocenters. The lowest BCUT2D eigenvalue weighted by Crippen LogP contribution is -2.24. The number of nitrogens with two attached hydrogens (primary N) is 1. The Hall–Kier alpha value is -3.74. The van der Waals surface area contributed by atoms with Gasteiger partial charge in [-0.15, -0.1) is 0 Å². The van der Waals surface area contributed by atoms with Crippen molar-refractivity contribution in [2.45, 2.75) is 6.42 Å². The van der Waals surface area contributed by atoms with E-state index in [1.807, 2.05) is 24.4 Å². The Kier molecular flexibility index (Phi) is 4.49. The zero-order chi connectivity index (χ0) is 19.7. The van der Waals surface area contributed by atoms with Crippen LogP contribution in [-0.2, 0) is 0 Å². The Morgan fingerprint density at radius 1 is 1.25 bits per heavy atom. The van der Waals surface area contributed by atoms with Crippen LogP contribution in [-0.4, -0.2) is 40.3 Å². The van der Waals surface area contributed by atoms with Crippen molar-refractivity contribution in [3.63, 3.8) is 0 Å². The van der Waals surface area contributed by atoms with E-state index < -0.39 is 5.91 Å². The number of allylic oxidation sites excluding steroid dienone is 3. The van der Waals surface area contributed by atoms with E-state index in [0.717, 1.165) is 6.42 Å². The highest BCUT2D eigenvalue weighted by Crippen LogP contribution is 2.29. The molecule has 2 aromatic rings. The lowest BCUT2D eigenvalue weighted by molar-refractivity contribution is 0.0838. The largest absolute Gasteiger partial charge is 0.382 e. The van der Waals surface area contributed by atoms with Crippen molar-refractivity contribution in [2.24, 2.45) is 0 Å². The summed E-state index contributed by atoms with van der Waals surface area (Å²) < 4.78 is 0. The van der Waals surface area contributed by atoms with Gasteiger partial charge in [-0.2, -0.15) is 0 Å². The number of nitrogens with one attached hydrogen (secondary N) is 1. The van der Waals surface area contributed by atoms with E-state index in [4.69, 9.17) is 5.73 Å². The lowest BCUT2D eigenvalue weighted by Gasteiger charge is -2.14. The maximum Gasteiger partial charge on any atom is 0.273 e. The van der Waals surface area contributed by atoms with Crippen LogP contribution in [0.3, 0.4) is 0 Å². The number of fused-ring (bicyclic) bond motifs is 1. The summed E-state index contributed by atoms with van der Waals surface area (Å²) in [7, 11) is 1.50. The third-order valence-electron chi connectivity index (χ3n) is 4.75. The molecule has 0 radical (unpaired) electrons. The van der Waals surface area contributed by atoms with E-state index in [0.29, 0.717) is 23.4 Å². The van der Waals surface area contributed by atoms with Crippen LogP contribution < -0.4 is 11.1 Å². The molecular weight excluding hydrogens is 354 g/mol. The summed E-state index contributed by atoms with van der Waals surface area (Å²) in [6.07, 6.45) is 10.4. The smallest absolute Gasteiger partial charge is 0.273 e. The molecule has 1 aromatic carbocycles. The van der Waals surface area contributed by atoms with E-state index in [2.05, 4.69) is 21.4 Å². The van der Waals surface area contributed by atoms with Crippen LogP contribution in [0.25, 0.3) is 11.3 Å². The predicted octanol–water partition coefficient (Wildman–Crippen LogP) is 2.31. The van der Waals surface area contributed by atoms with Crippen molar-refractivity contribution >= 4 is 17.6 Å². The first-order valence-corrected chi connectivity index (χ1v) is 8.89. The number of carbonyl (C=O) groups is 2. The molecule has 3 N–H and O–H groups in total. The summed E-state index contributed by atoms with van der Waals surface area (Å²) in [4.78, 5) is 35.0. The van der Waals surface area contributed by atoms with Gasteiger partial charge in [0.25, 0.3) is 11.8 Å². The number of benzene rings is 1. The Bertz CT molecular complexity index is 1070. The van der Waals surface area contributed by atoms with Crippen LogP contribution in [0, 0.1) is 0 Å². The van der Waals surface area contributed by atoms with Gasteiger partial charge in [0.15, 0.2) is 11.5 Å². The number of amides is 2. The van der Waals surface area contributed by atoms with Crippen molar-refractivity contribution in [2.75, 3.05) is 19.3 Å². The zero-order valence-corrected chi connectivity index (χ0v) is 15.3. The SMILES string of the molecule is CNC(=O)c1nc(-c2cccc(C(=O)N3C=C4CC=CC=C4C3)c2)cnc1N.